The van der Waals surface area contributed by atoms with Crippen molar-refractivity contribution in [3.8, 4) is 0 Å². The SMILES string of the molecule is CO[Si](C)(CCCC=CCC1CC(=O)OC1=O)OC. The van der Waals surface area contributed by atoms with Gasteiger partial charge in [-0.3, -0.25) is 9.59 Å². The predicted molar refractivity (Wildman–Crippen MR) is 72.6 cm³/mol. The van der Waals surface area contributed by atoms with Gasteiger partial charge in [0.1, 0.15) is 0 Å². The maximum atomic E-state index is 11.2. The zero-order valence-electron chi connectivity index (χ0n) is 11.8. The Morgan fingerprint density at radius 1 is 1.32 bits per heavy atom. The van der Waals surface area contributed by atoms with Gasteiger partial charge in [0, 0.05) is 14.2 Å². The molecule has 19 heavy (non-hydrogen) atoms. The van der Waals surface area contributed by atoms with Crippen LogP contribution in [-0.2, 0) is 23.2 Å². The Bertz CT molecular complexity index is 349. The van der Waals surface area contributed by atoms with E-state index in [0.717, 1.165) is 18.9 Å². The Morgan fingerprint density at radius 3 is 2.53 bits per heavy atom. The molecule has 1 heterocycles. The maximum absolute atomic E-state index is 11.2. The molecule has 1 fully saturated rings. The smallest absolute Gasteiger partial charge is 0.334 e. The van der Waals surface area contributed by atoms with Gasteiger partial charge in [-0.05, 0) is 31.9 Å². The Kier molecular flexibility index (Phi) is 6.40. The van der Waals surface area contributed by atoms with Crippen molar-refractivity contribution < 1.29 is 23.2 Å². The molecule has 1 rings (SSSR count). The second-order valence-corrected chi connectivity index (χ2v) is 8.42. The van der Waals surface area contributed by atoms with Crippen LogP contribution < -0.4 is 0 Å². The van der Waals surface area contributed by atoms with Gasteiger partial charge < -0.3 is 13.6 Å². The molecule has 0 N–H and O–H groups in total. The summed E-state index contributed by atoms with van der Waals surface area (Å²) in [7, 11) is 1.42. The van der Waals surface area contributed by atoms with Gasteiger partial charge in [-0.1, -0.05) is 12.2 Å². The van der Waals surface area contributed by atoms with Crippen molar-refractivity contribution in [2.24, 2.45) is 5.92 Å². The summed E-state index contributed by atoms with van der Waals surface area (Å²) >= 11 is 0. The standard InChI is InChI=1S/C13H22O5Si/c1-16-19(3,17-2)9-7-5-4-6-8-11-10-12(14)18-13(11)15/h4,6,11H,5,7-10H2,1-3H3. The molecule has 1 saturated heterocycles. The van der Waals surface area contributed by atoms with Crippen LogP contribution in [-0.4, -0.2) is 34.7 Å². The van der Waals surface area contributed by atoms with Crippen LogP contribution in [0.3, 0.4) is 0 Å². The van der Waals surface area contributed by atoms with E-state index in [4.69, 9.17) is 8.85 Å². The second-order valence-electron chi connectivity index (χ2n) is 4.84. The summed E-state index contributed by atoms with van der Waals surface area (Å²) in [5, 5.41) is 0. The summed E-state index contributed by atoms with van der Waals surface area (Å²) in [6.45, 7) is 2.04. The van der Waals surface area contributed by atoms with Crippen molar-refractivity contribution in [1.82, 2.24) is 0 Å². The Balaban J connectivity index is 2.18. The second kappa shape index (κ2) is 7.57. The van der Waals surface area contributed by atoms with Gasteiger partial charge in [-0.2, -0.15) is 0 Å². The molecule has 0 radical (unpaired) electrons. The number of hydrogen-bond donors (Lipinski definition) is 0. The van der Waals surface area contributed by atoms with Crippen LogP contribution in [0.4, 0.5) is 0 Å². The number of carbonyl (C=O) groups is 2. The van der Waals surface area contributed by atoms with Crippen molar-refractivity contribution in [2.75, 3.05) is 14.2 Å². The maximum Gasteiger partial charge on any atom is 0.334 e. The molecule has 6 heteroatoms. The van der Waals surface area contributed by atoms with Crippen molar-refractivity contribution in [3.05, 3.63) is 12.2 Å². The van der Waals surface area contributed by atoms with Gasteiger partial charge in [0.15, 0.2) is 0 Å². The van der Waals surface area contributed by atoms with E-state index < -0.39 is 20.5 Å². The third-order valence-electron chi connectivity index (χ3n) is 3.41. The van der Waals surface area contributed by atoms with Crippen LogP contribution >= 0.6 is 0 Å². The van der Waals surface area contributed by atoms with E-state index in [9.17, 15) is 9.59 Å². The number of rotatable bonds is 8. The van der Waals surface area contributed by atoms with E-state index in [2.05, 4.69) is 4.74 Å². The average molecular weight is 286 g/mol. The third-order valence-corrected chi connectivity index (χ3v) is 6.40. The number of ether oxygens (including phenoxy) is 1. The summed E-state index contributed by atoms with van der Waals surface area (Å²) in [6.07, 6.45) is 6.69. The molecule has 1 aliphatic heterocycles. The van der Waals surface area contributed by atoms with Gasteiger partial charge in [0.25, 0.3) is 0 Å². The molecular formula is C13H22O5Si. The van der Waals surface area contributed by atoms with Crippen LogP contribution in [0.15, 0.2) is 12.2 Å². The van der Waals surface area contributed by atoms with Crippen molar-refractivity contribution in [1.29, 1.82) is 0 Å². The zero-order valence-corrected chi connectivity index (χ0v) is 12.8. The molecule has 0 spiro atoms. The fourth-order valence-corrected chi connectivity index (χ4v) is 3.33. The topological polar surface area (TPSA) is 61.8 Å². The molecule has 5 nitrogen and oxygen atoms in total. The third kappa shape index (κ3) is 5.26. The molecule has 1 aliphatic rings. The van der Waals surface area contributed by atoms with E-state index >= 15 is 0 Å². The molecule has 0 amide bonds. The summed E-state index contributed by atoms with van der Waals surface area (Å²) in [4.78, 5) is 22.1. The monoisotopic (exact) mass is 286 g/mol. The van der Waals surface area contributed by atoms with Crippen molar-refractivity contribution in [3.63, 3.8) is 0 Å². The first-order valence-corrected chi connectivity index (χ1v) is 9.03. The Hall–Kier alpha value is -0.983. The van der Waals surface area contributed by atoms with Crippen LogP contribution in [0.2, 0.25) is 12.6 Å². The highest BCUT2D eigenvalue weighted by Crippen LogP contribution is 2.20. The molecule has 1 atom stereocenters. The van der Waals surface area contributed by atoms with E-state index in [1.54, 1.807) is 14.2 Å². The minimum atomic E-state index is -1.96. The molecule has 0 bridgehead atoms. The molecule has 0 aromatic rings. The highest BCUT2D eigenvalue weighted by atomic mass is 28.4. The summed E-state index contributed by atoms with van der Waals surface area (Å²) in [6, 6.07) is 0.939. The molecule has 108 valence electrons. The summed E-state index contributed by atoms with van der Waals surface area (Å²) in [5.41, 5.74) is 0. The quantitative estimate of drug-likeness (QED) is 0.225. The summed E-state index contributed by atoms with van der Waals surface area (Å²) in [5.74, 6) is -1.10. The van der Waals surface area contributed by atoms with E-state index in [0.29, 0.717) is 6.42 Å². The van der Waals surface area contributed by atoms with Crippen LogP contribution in [0, 0.1) is 5.92 Å². The van der Waals surface area contributed by atoms with Gasteiger partial charge in [0.05, 0.1) is 12.3 Å². The fourth-order valence-electron chi connectivity index (χ4n) is 1.91. The molecule has 0 aromatic carbocycles. The number of allylic oxidation sites excluding steroid dienone is 2. The number of hydrogen-bond acceptors (Lipinski definition) is 5. The van der Waals surface area contributed by atoms with Crippen LogP contribution in [0.25, 0.3) is 0 Å². The lowest BCUT2D eigenvalue weighted by Crippen LogP contribution is -2.35. The van der Waals surface area contributed by atoms with Gasteiger partial charge in [-0.15, -0.1) is 0 Å². The Labute approximate surface area is 115 Å². The molecule has 0 saturated carbocycles. The average Bonchev–Trinajstić information content (AvgIpc) is 2.71. The first-order chi connectivity index (χ1) is 9.00. The molecular weight excluding hydrogens is 264 g/mol. The lowest BCUT2D eigenvalue weighted by Gasteiger charge is -2.22. The summed E-state index contributed by atoms with van der Waals surface area (Å²) < 4.78 is 15.3. The van der Waals surface area contributed by atoms with Gasteiger partial charge in [0.2, 0.25) is 0 Å². The van der Waals surface area contributed by atoms with Crippen molar-refractivity contribution in [2.45, 2.75) is 38.3 Å². The highest BCUT2D eigenvalue weighted by molar-refractivity contribution is 6.65. The number of unbranched alkanes of at least 4 members (excludes halogenated alkanes) is 1. The van der Waals surface area contributed by atoms with E-state index in [-0.39, 0.29) is 12.3 Å². The highest BCUT2D eigenvalue weighted by Gasteiger charge is 2.32. The first kappa shape index (κ1) is 16.1. The van der Waals surface area contributed by atoms with Crippen LogP contribution in [0.1, 0.15) is 25.7 Å². The first-order valence-electron chi connectivity index (χ1n) is 6.50. The number of cyclic esters (lactones) is 2. The van der Waals surface area contributed by atoms with Gasteiger partial charge in [-0.25, -0.2) is 0 Å². The minimum absolute atomic E-state index is 0.210. The lowest BCUT2D eigenvalue weighted by atomic mass is 10.0. The zero-order chi connectivity index (χ0) is 14.3. The van der Waals surface area contributed by atoms with Crippen molar-refractivity contribution >= 4 is 20.5 Å². The predicted octanol–water partition coefficient (Wildman–Crippen LogP) is 2.17. The lowest BCUT2D eigenvalue weighted by molar-refractivity contribution is -0.153. The number of carbonyl (C=O) groups excluding carboxylic acids is 2. The minimum Gasteiger partial charge on any atom is -0.398 e. The molecule has 1 unspecified atom stereocenters. The molecule has 0 aliphatic carbocycles. The van der Waals surface area contributed by atoms with E-state index in [1.807, 2.05) is 18.7 Å². The molecule has 0 aromatic heterocycles. The van der Waals surface area contributed by atoms with Crippen LogP contribution in [0.5, 0.6) is 0 Å². The largest absolute Gasteiger partial charge is 0.398 e. The fraction of sp³-hybridized carbons (Fsp3) is 0.692. The Morgan fingerprint density at radius 2 is 2.00 bits per heavy atom. The van der Waals surface area contributed by atoms with E-state index in [1.165, 1.54) is 0 Å². The van der Waals surface area contributed by atoms with Gasteiger partial charge >= 0.3 is 20.5 Å². The normalized spacial score (nSPS) is 20.3. The number of esters is 2.